The third-order valence-corrected chi connectivity index (χ3v) is 0.375. The second kappa shape index (κ2) is 1.43. The molecule has 0 fully saturated rings. The number of nitrogens with one attached hydrogen (secondary N) is 1. The van der Waals surface area contributed by atoms with E-state index in [2.05, 4.69) is 20.8 Å². The van der Waals surface area contributed by atoms with E-state index in [0.717, 1.165) is 0 Å². The highest BCUT2D eigenvalue weighted by Crippen LogP contribution is 2.08. The lowest BCUT2D eigenvalue weighted by molar-refractivity contribution is 0.678. The molecule has 0 aromatic carbocycles. The van der Waals surface area contributed by atoms with Gasteiger partial charge in [-0.05, 0) is 0 Å². The van der Waals surface area contributed by atoms with Crippen molar-refractivity contribution in [3.8, 4) is 0 Å². The van der Waals surface area contributed by atoms with Crippen LogP contribution in [0.3, 0.4) is 0 Å². The molecule has 0 aromatic rings. The molecule has 0 aliphatic heterocycles. The Morgan fingerprint density at radius 1 is 1.67 bits per heavy atom. The normalized spacial score (nSPS) is 11.7. The van der Waals surface area contributed by atoms with Gasteiger partial charge in [-0.25, -0.2) is 6.92 Å². The zero-order chi connectivity index (χ0) is 5.21. The van der Waals surface area contributed by atoms with E-state index in [4.69, 9.17) is 5.73 Å². The van der Waals surface area contributed by atoms with Crippen molar-refractivity contribution in [2.24, 2.45) is 5.41 Å². The summed E-state index contributed by atoms with van der Waals surface area (Å²) >= 11 is 0. The minimum atomic E-state index is -0.542. The van der Waals surface area contributed by atoms with Crippen molar-refractivity contribution >= 4 is 0 Å². The Hall–Kier alpha value is -0.300. The monoisotopic (exact) mass is 83.1 g/mol. The smallest absolute Gasteiger partial charge is 0.0994 e. The Kier molecular flexibility index (Phi) is 1.36. The molecule has 0 aromatic heterocycles. The Bertz CT molecular complexity index is 33.7. The van der Waals surface area contributed by atoms with Crippen LogP contribution in [0.15, 0.2) is 0 Å². The summed E-state index contributed by atoms with van der Waals surface area (Å²) in [4.78, 5) is 0. The van der Waals surface area contributed by atoms with Crippen LogP contribution >= 0.6 is 0 Å². The zero-order valence-electron chi connectivity index (χ0n) is 3.83. The molecule has 6 heavy (non-hydrogen) atoms. The third kappa shape index (κ3) is 3.70. The van der Waals surface area contributed by atoms with Crippen LogP contribution in [0.2, 0.25) is 0 Å². The van der Waals surface area contributed by atoms with Gasteiger partial charge in [-0.1, -0.05) is 6.54 Å². The maximum Gasteiger partial charge on any atom is 0.0994 e. The van der Waals surface area contributed by atoms with Gasteiger partial charge in [-0.2, -0.15) is 0 Å². The molecular weight excluding hydrogens is 74.1 g/mol. The first-order chi connectivity index (χ1) is 2.56. The molecule has 0 bridgehead atoms. The molecule has 0 saturated heterocycles. The van der Waals surface area contributed by atoms with Gasteiger partial charge in [0.15, 0.2) is 0 Å². The summed E-state index contributed by atoms with van der Waals surface area (Å²) in [6, 6.07) is 0. The quantitative estimate of drug-likeness (QED) is 0.429. The van der Waals surface area contributed by atoms with E-state index >= 15 is 0 Å². The van der Waals surface area contributed by atoms with Gasteiger partial charge >= 0.3 is 0 Å². The van der Waals surface area contributed by atoms with Crippen LogP contribution in [-0.4, -0.2) is 6.54 Å². The van der Waals surface area contributed by atoms with Crippen LogP contribution < -0.4 is 0 Å². The number of rotatable bonds is 1. The van der Waals surface area contributed by atoms with Gasteiger partial charge in [0.1, 0.15) is 0 Å². The van der Waals surface area contributed by atoms with Crippen molar-refractivity contribution in [3.63, 3.8) is 0 Å². The second-order valence-corrected chi connectivity index (χ2v) is 1.68. The highest BCUT2D eigenvalue weighted by Gasteiger charge is 2.08. The molecule has 0 unspecified atom stereocenters. The fourth-order valence-electron chi connectivity index (χ4n) is 0. The minimum Gasteiger partial charge on any atom is -0.672 e. The van der Waals surface area contributed by atoms with Crippen molar-refractivity contribution < 1.29 is 0 Å². The molecule has 0 amide bonds. The van der Waals surface area contributed by atoms with Crippen molar-refractivity contribution in [2.45, 2.75) is 0 Å². The molecule has 0 spiro atoms. The lowest BCUT2D eigenvalue weighted by Crippen LogP contribution is -2.08. The average Bonchev–Trinajstić information content (AvgIpc) is 1.35. The molecule has 1 heteroatoms. The summed E-state index contributed by atoms with van der Waals surface area (Å²) in [5.41, 5.74) is 6.12. The van der Waals surface area contributed by atoms with Gasteiger partial charge in [0.25, 0.3) is 0 Å². The largest absolute Gasteiger partial charge is 0.672 e. The molecule has 34 valence electrons. The fraction of sp³-hybridized carbons (Fsp3) is 0.400. The van der Waals surface area contributed by atoms with E-state index in [9.17, 15) is 0 Å². The third-order valence-electron chi connectivity index (χ3n) is 0.375. The fourth-order valence-corrected chi connectivity index (χ4v) is 0. The number of hydrogen-bond donors (Lipinski definition) is 0. The standard InChI is InChI=1S/C5H9N/c1-5(2,3)4-6/h6H,1-4H2. The molecule has 1 N–H and O–H groups in total. The minimum absolute atomic E-state index is 0.188. The Labute approximate surface area is 39.5 Å². The predicted molar refractivity (Wildman–Crippen MR) is 27.7 cm³/mol. The summed E-state index contributed by atoms with van der Waals surface area (Å²) in [6.07, 6.45) is 0. The molecule has 0 radical (unpaired) electrons. The molecule has 0 atom stereocenters. The second-order valence-electron chi connectivity index (χ2n) is 1.68. The molecule has 0 rings (SSSR count). The molecular formula is C5H9N. The number of hydrogen-bond acceptors (Lipinski definition) is 0. The predicted octanol–water partition coefficient (Wildman–Crippen LogP) is 1.53. The van der Waals surface area contributed by atoms with Gasteiger partial charge in [-0.3, -0.25) is 0 Å². The first-order valence-corrected chi connectivity index (χ1v) is 1.77. The zero-order valence-corrected chi connectivity index (χ0v) is 3.83. The topological polar surface area (TPSA) is 23.8 Å². The van der Waals surface area contributed by atoms with Gasteiger partial charge < -0.3 is 5.73 Å². The van der Waals surface area contributed by atoms with Crippen molar-refractivity contribution in [1.82, 2.24) is 0 Å². The van der Waals surface area contributed by atoms with E-state index < -0.39 is 5.41 Å². The van der Waals surface area contributed by atoms with Crippen molar-refractivity contribution in [1.29, 1.82) is 0 Å². The molecule has 0 aliphatic carbocycles. The summed E-state index contributed by atoms with van der Waals surface area (Å²) in [5, 5.41) is 0. The summed E-state index contributed by atoms with van der Waals surface area (Å²) in [7, 11) is 0. The first kappa shape index (κ1) is 5.70. The van der Waals surface area contributed by atoms with E-state index in [1.54, 1.807) is 0 Å². The molecule has 0 saturated carbocycles. The Morgan fingerprint density at radius 3 is 1.83 bits per heavy atom. The van der Waals surface area contributed by atoms with Crippen molar-refractivity contribution in [2.75, 3.05) is 6.54 Å². The van der Waals surface area contributed by atoms with Crippen LogP contribution in [0.25, 0.3) is 5.73 Å². The van der Waals surface area contributed by atoms with E-state index in [1.807, 2.05) is 0 Å². The van der Waals surface area contributed by atoms with Gasteiger partial charge in [0.2, 0.25) is 0 Å². The molecule has 0 aliphatic rings. The average molecular weight is 83.1 g/mol. The van der Waals surface area contributed by atoms with Crippen molar-refractivity contribution in [3.05, 3.63) is 26.5 Å². The Morgan fingerprint density at radius 2 is 1.83 bits per heavy atom. The van der Waals surface area contributed by atoms with E-state index in [0.29, 0.717) is 0 Å². The Balaban J connectivity index is 3.17. The SMILES string of the molecule is [CH2+]C([CH2+])([CH2-])C[NH-]. The van der Waals surface area contributed by atoms with Gasteiger partial charge in [0.05, 0.1) is 19.3 Å². The molecule has 1 nitrogen and oxygen atoms in total. The maximum absolute atomic E-state index is 6.67. The van der Waals surface area contributed by atoms with Gasteiger partial charge in [0, 0.05) is 0 Å². The summed E-state index contributed by atoms with van der Waals surface area (Å²) in [6.45, 7) is 10.6. The highest BCUT2D eigenvalue weighted by atomic mass is 14.6. The van der Waals surface area contributed by atoms with Crippen LogP contribution in [0.1, 0.15) is 0 Å². The van der Waals surface area contributed by atoms with Crippen LogP contribution in [0, 0.1) is 26.2 Å². The highest BCUT2D eigenvalue weighted by molar-refractivity contribution is 4.91. The lowest BCUT2D eigenvalue weighted by Gasteiger charge is -2.11. The van der Waals surface area contributed by atoms with Crippen LogP contribution in [-0.2, 0) is 0 Å². The first-order valence-electron chi connectivity index (χ1n) is 1.77. The lowest BCUT2D eigenvalue weighted by atomic mass is 9.98. The van der Waals surface area contributed by atoms with E-state index in [1.165, 1.54) is 0 Å². The maximum atomic E-state index is 6.67. The van der Waals surface area contributed by atoms with Gasteiger partial charge in [-0.15, -0.1) is 0 Å². The molecule has 0 heterocycles. The van der Waals surface area contributed by atoms with E-state index in [-0.39, 0.29) is 6.54 Å². The summed E-state index contributed by atoms with van der Waals surface area (Å²) < 4.78 is 0. The van der Waals surface area contributed by atoms with Crippen LogP contribution in [0.5, 0.6) is 0 Å². The van der Waals surface area contributed by atoms with Crippen LogP contribution in [0.4, 0.5) is 0 Å². The summed E-state index contributed by atoms with van der Waals surface area (Å²) in [5.74, 6) is 0.